The minimum Gasteiger partial charge on any atom is -0.510 e. The largest absolute Gasteiger partial charge is 0.510 e. The molecule has 0 fully saturated rings. The molecule has 116 valence electrons. The monoisotopic (exact) mass is 362 g/mol. The van der Waals surface area contributed by atoms with E-state index in [1.54, 1.807) is 18.3 Å². The first-order chi connectivity index (χ1) is 11.1. The predicted octanol–water partition coefficient (Wildman–Crippen LogP) is 4.27. The Labute approximate surface area is 145 Å². The van der Waals surface area contributed by atoms with Crippen LogP contribution in [0.15, 0.2) is 41.5 Å². The molecule has 0 bridgehead atoms. The number of benzene rings is 1. The molecular weight excluding hydrogens is 352 g/mol. The molecule has 1 aromatic carbocycles. The van der Waals surface area contributed by atoms with Gasteiger partial charge in [0.25, 0.3) is 0 Å². The Morgan fingerprint density at radius 2 is 2.35 bits per heavy atom. The van der Waals surface area contributed by atoms with Crippen molar-refractivity contribution in [2.75, 3.05) is 5.75 Å². The Morgan fingerprint density at radius 1 is 1.52 bits per heavy atom. The number of aryl methyl sites for hydroxylation is 1. The Hall–Kier alpha value is -2.01. The van der Waals surface area contributed by atoms with Gasteiger partial charge in [0.05, 0.1) is 16.0 Å². The second kappa shape index (κ2) is 6.62. The minimum absolute atomic E-state index is 0.00865. The summed E-state index contributed by atoms with van der Waals surface area (Å²) in [5.41, 5.74) is 0.902. The van der Waals surface area contributed by atoms with Crippen molar-refractivity contribution in [2.24, 2.45) is 7.05 Å². The molecule has 0 radical (unpaired) electrons. The molecule has 0 aliphatic carbocycles. The second-order valence-corrected chi connectivity index (χ2v) is 7.08. The van der Waals surface area contributed by atoms with E-state index in [0.717, 1.165) is 15.4 Å². The van der Waals surface area contributed by atoms with Crippen LogP contribution in [-0.4, -0.2) is 25.4 Å². The molecule has 0 saturated carbocycles. The number of hydrogen-bond acceptors (Lipinski definition) is 6. The van der Waals surface area contributed by atoms with Crippen molar-refractivity contribution in [1.29, 1.82) is 5.26 Å². The van der Waals surface area contributed by atoms with E-state index in [9.17, 15) is 10.4 Å². The third-order valence-corrected chi connectivity index (χ3v) is 5.44. The van der Waals surface area contributed by atoms with Gasteiger partial charge in [-0.1, -0.05) is 23.4 Å². The summed E-state index contributed by atoms with van der Waals surface area (Å²) in [6.45, 7) is 0. The van der Waals surface area contributed by atoms with Crippen LogP contribution in [0.25, 0.3) is 15.8 Å². The quantitative estimate of drug-likeness (QED) is 0.426. The fourth-order valence-corrected chi connectivity index (χ4v) is 3.88. The van der Waals surface area contributed by atoms with Gasteiger partial charge >= 0.3 is 0 Å². The first-order valence-corrected chi connectivity index (χ1v) is 8.75. The van der Waals surface area contributed by atoms with E-state index in [1.807, 2.05) is 29.9 Å². The van der Waals surface area contributed by atoms with Crippen LogP contribution in [0.1, 0.15) is 5.01 Å². The van der Waals surface area contributed by atoms with Crippen LogP contribution in [0.4, 0.5) is 0 Å². The van der Waals surface area contributed by atoms with E-state index in [2.05, 4.69) is 9.97 Å². The molecule has 0 unspecified atom stereocenters. The van der Waals surface area contributed by atoms with Gasteiger partial charge in [0.1, 0.15) is 22.4 Å². The summed E-state index contributed by atoms with van der Waals surface area (Å²) in [6, 6.07) is 7.41. The molecule has 0 amide bonds. The van der Waals surface area contributed by atoms with Crippen molar-refractivity contribution in [3.63, 3.8) is 0 Å². The third-order valence-electron chi connectivity index (χ3n) is 3.08. The number of aromatic nitrogens is 3. The highest BCUT2D eigenvalue weighted by Crippen LogP contribution is 2.31. The third kappa shape index (κ3) is 3.34. The maximum Gasteiger partial charge on any atom is 0.168 e. The number of hydrogen-bond donors (Lipinski definition) is 1. The molecule has 2 aromatic heterocycles. The van der Waals surface area contributed by atoms with Crippen LogP contribution < -0.4 is 0 Å². The first kappa shape index (κ1) is 15.9. The maximum atomic E-state index is 10.3. The van der Waals surface area contributed by atoms with Gasteiger partial charge in [-0.3, -0.25) is 0 Å². The summed E-state index contributed by atoms with van der Waals surface area (Å²) < 4.78 is 2.77. The van der Waals surface area contributed by atoms with Crippen molar-refractivity contribution >= 4 is 50.5 Å². The molecule has 1 N–H and O–H groups in total. The molecule has 0 saturated heterocycles. The van der Waals surface area contributed by atoms with Crippen LogP contribution in [0, 0.1) is 11.3 Å². The summed E-state index contributed by atoms with van der Waals surface area (Å²) in [7, 11) is 1.87. The first-order valence-electron chi connectivity index (χ1n) is 6.57. The number of nitriles is 1. The Kier molecular flexibility index (Phi) is 4.57. The number of halogens is 1. The summed E-state index contributed by atoms with van der Waals surface area (Å²) in [4.78, 5) is 8.56. The standard InChI is InChI=1S/C15H11ClN4OS2/c1-20-5-4-18-15(20)22-8-12(21)10(7-17)14-19-11-6-9(16)2-3-13(11)23-14/h2-6,21H,8H2,1H3. The molecule has 3 aromatic rings. The fourth-order valence-electron chi connectivity index (χ4n) is 1.94. The minimum atomic E-state index is -0.00865. The average molecular weight is 363 g/mol. The lowest BCUT2D eigenvalue weighted by atomic mass is 10.2. The lowest BCUT2D eigenvalue weighted by Crippen LogP contribution is -1.95. The number of aliphatic hydroxyl groups is 1. The number of nitrogens with zero attached hydrogens (tertiary/aromatic N) is 4. The molecule has 8 heteroatoms. The van der Waals surface area contributed by atoms with Gasteiger partial charge in [-0.2, -0.15) is 5.26 Å². The SMILES string of the molecule is Cn1ccnc1SCC(O)=C(C#N)c1nc2cc(Cl)ccc2s1. The van der Waals surface area contributed by atoms with Gasteiger partial charge in [-0.05, 0) is 18.2 Å². The van der Waals surface area contributed by atoms with E-state index in [-0.39, 0.29) is 17.1 Å². The number of imidazole rings is 1. The van der Waals surface area contributed by atoms with Crippen molar-refractivity contribution < 1.29 is 5.11 Å². The Balaban J connectivity index is 1.90. The summed E-state index contributed by atoms with van der Waals surface area (Å²) in [5.74, 6) is 0.246. The van der Waals surface area contributed by atoms with E-state index in [0.29, 0.717) is 10.0 Å². The Bertz CT molecular complexity index is 938. The zero-order valence-electron chi connectivity index (χ0n) is 12.0. The highest BCUT2D eigenvalue weighted by Gasteiger charge is 2.15. The molecule has 23 heavy (non-hydrogen) atoms. The van der Waals surface area contributed by atoms with Crippen LogP contribution in [0.2, 0.25) is 5.02 Å². The molecular formula is C15H11ClN4OS2. The number of allylic oxidation sites excluding steroid dienone is 1. The van der Waals surface area contributed by atoms with Gasteiger partial charge < -0.3 is 9.67 Å². The number of thiazole rings is 1. The van der Waals surface area contributed by atoms with E-state index in [4.69, 9.17) is 11.6 Å². The summed E-state index contributed by atoms with van der Waals surface area (Å²) in [6.07, 6.45) is 3.51. The van der Waals surface area contributed by atoms with E-state index >= 15 is 0 Å². The number of aliphatic hydroxyl groups excluding tert-OH is 1. The lowest BCUT2D eigenvalue weighted by molar-refractivity contribution is 0.420. The molecule has 2 heterocycles. The predicted molar refractivity (Wildman–Crippen MR) is 93.7 cm³/mol. The molecule has 3 rings (SSSR count). The van der Waals surface area contributed by atoms with Crippen LogP contribution >= 0.6 is 34.7 Å². The van der Waals surface area contributed by atoms with Crippen LogP contribution in [0.3, 0.4) is 0 Å². The number of fused-ring (bicyclic) bond motifs is 1. The zero-order chi connectivity index (χ0) is 16.4. The average Bonchev–Trinajstić information content (AvgIpc) is 3.11. The molecule has 0 aliphatic rings. The highest BCUT2D eigenvalue weighted by atomic mass is 35.5. The number of thioether (sulfide) groups is 1. The van der Waals surface area contributed by atoms with Gasteiger partial charge in [0, 0.05) is 24.5 Å². The van der Waals surface area contributed by atoms with Crippen molar-refractivity contribution in [3.8, 4) is 6.07 Å². The molecule has 5 nitrogen and oxygen atoms in total. The lowest BCUT2D eigenvalue weighted by Gasteiger charge is -2.02. The Morgan fingerprint density at radius 3 is 3.04 bits per heavy atom. The van der Waals surface area contributed by atoms with Gasteiger partial charge in [-0.15, -0.1) is 11.3 Å². The molecule has 0 spiro atoms. The van der Waals surface area contributed by atoms with E-state index < -0.39 is 0 Å². The number of rotatable bonds is 4. The summed E-state index contributed by atoms with van der Waals surface area (Å²) in [5, 5.41) is 21.5. The van der Waals surface area contributed by atoms with Gasteiger partial charge in [-0.25, -0.2) is 9.97 Å². The summed E-state index contributed by atoms with van der Waals surface area (Å²) >= 11 is 8.66. The molecule has 0 aliphatic heterocycles. The van der Waals surface area contributed by atoms with Gasteiger partial charge in [0.2, 0.25) is 0 Å². The smallest absolute Gasteiger partial charge is 0.168 e. The van der Waals surface area contributed by atoms with Crippen LogP contribution in [0.5, 0.6) is 0 Å². The van der Waals surface area contributed by atoms with E-state index in [1.165, 1.54) is 23.1 Å². The van der Waals surface area contributed by atoms with Crippen molar-refractivity contribution in [1.82, 2.24) is 14.5 Å². The zero-order valence-corrected chi connectivity index (χ0v) is 14.4. The molecule has 0 atom stereocenters. The fraction of sp³-hybridized carbons (Fsp3) is 0.133. The second-order valence-electron chi connectivity index (χ2n) is 4.67. The van der Waals surface area contributed by atoms with Gasteiger partial charge in [0.15, 0.2) is 5.16 Å². The highest BCUT2D eigenvalue weighted by molar-refractivity contribution is 7.99. The van der Waals surface area contributed by atoms with Crippen molar-refractivity contribution in [2.45, 2.75) is 5.16 Å². The normalized spacial score (nSPS) is 12.2. The van der Waals surface area contributed by atoms with Crippen LogP contribution in [-0.2, 0) is 7.05 Å². The van der Waals surface area contributed by atoms with Crippen molar-refractivity contribution in [3.05, 3.63) is 46.4 Å². The topological polar surface area (TPSA) is 74.7 Å². The maximum absolute atomic E-state index is 10.3.